The highest BCUT2D eigenvalue weighted by Crippen LogP contribution is 2.51. The van der Waals surface area contributed by atoms with Crippen LogP contribution in [0.5, 0.6) is 0 Å². The second kappa shape index (κ2) is 12.1. The molecule has 0 fully saturated rings. The highest BCUT2D eigenvalue weighted by molar-refractivity contribution is 7.25. The molecule has 6 aromatic heterocycles. The first-order valence-corrected chi connectivity index (χ1v) is 17.8. The standard InChI is InChI=1S/C45H26N6S/c46-27-32-41(33-15-5-9-21-47-33)42(34-16-6-10-22-48-34)43(35-17-7-11-23-49-35)44(36-18-8-12-24-50-36)45(32)51-37-19-3-1-13-28(37)30-25-31-29-14-2-4-20-39(29)52-40(31)26-38(30)51/h1-26H. The van der Waals surface area contributed by atoms with Gasteiger partial charge in [0.05, 0.1) is 45.1 Å². The molecule has 0 aliphatic heterocycles. The van der Waals surface area contributed by atoms with Crippen LogP contribution < -0.4 is 0 Å². The second-order valence-electron chi connectivity index (χ2n) is 12.5. The second-order valence-corrected chi connectivity index (χ2v) is 13.6. The van der Waals surface area contributed by atoms with Crippen LogP contribution >= 0.6 is 11.3 Å². The zero-order chi connectivity index (χ0) is 34.6. The van der Waals surface area contributed by atoms with Gasteiger partial charge in [0, 0.05) is 78.0 Å². The van der Waals surface area contributed by atoms with Gasteiger partial charge >= 0.3 is 0 Å². The van der Waals surface area contributed by atoms with Crippen molar-refractivity contribution in [2.24, 2.45) is 0 Å². The van der Waals surface area contributed by atoms with Gasteiger partial charge < -0.3 is 4.57 Å². The minimum absolute atomic E-state index is 0.471. The molecular formula is C45H26N6S. The van der Waals surface area contributed by atoms with Gasteiger partial charge in [-0.1, -0.05) is 60.7 Å². The lowest BCUT2D eigenvalue weighted by molar-refractivity contribution is 1.15. The maximum Gasteiger partial charge on any atom is 0.102 e. The number of nitriles is 1. The summed E-state index contributed by atoms with van der Waals surface area (Å²) in [5.41, 5.74) is 9.06. The van der Waals surface area contributed by atoms with Crippen LogP contribution in [0.4, 0.5) is 0 Å². The van der Waals surface area contributed by atoms with E-state index in [0.29, 0.717) is 33.9 Å². The molecule has 10 rings (SSSR count). The third-order valence-electron chi connectivity index (χ3n) is 9.66. The summed E-state index contributed by atoms with van der Waals surface area (Å²) in [5, 5.41) is 16.2. The first-order chi connectivity index (χ1) is 25.8. The predicted octanol–water partition coefficient (Wildman–Crippen LogP) is 11.3. The lowest BCUT2D eigenvalue weighted by atomic mass is 9.83. The van der Waals surface area contributed by atoms with Crippen LogP contribution in [-0.4, -0.2) is 24.5 Å². The van der Waals surface area contributed by atoms with Gasteiger partial charge in [-0.25, -0.2) is 0 Å². The summed E-state index contributed by atoms with van der Waals surface area (Å²) in [7, 11) is 0. The van der Waals surface area contributed by atoms with E-state index in [-0.39, 0.29) is 0 Å². The van der Waals surface area contributed by atoms with E-state index < -0.39 is 0 Å². The van der Waals surface area contributed by atoms with E-state index in [1.807, 2.05) is 72.8 Å². The number of rotatable bonds is 5. The first kappa shape index (κ1) is 29.9. The molecule has 10 aromatic rings. The maximum absolute atomic E-state index is 11.5. The summed E-state index contributed by atoms with van der Waals surface area (Å²) in [6.45, 7) is 0. The maximum atomic E-state index is 11.5. The average molecular weight is 683 g/mol. The molecule has 242 valence electrons. The van der Waals surface area contributed by atoms with Crippen molar-refractivity contribution in [3.63, 3.8) is 0 Å². The third-order valence-corrected chi connectivity index (χ3v) is 10.8. The van der Waals surface area contributed by atoms with Crippen LogP contribution in [0.3, 0.4) is 0 Å². The van der Waals surface area contributed by atoms with Crippen LogP contribution in [-0.2, 0) is 0 Å². The molecule has 0 spiro atoms. The number of nitrogens with zero attached hydrogens (tertiary/aromatic N) is 6. The zero-order valence-electron chi connectivity index (χ0n) is 27.6. The number of thiophene rings is 1. The van der Waals surface area contributed by atoms with Crippen molar-refractivity contribution >= 4 is 53.3 Å². The number of pyridine rings is 4. The van der Waals surface area contributed by atoms with Gasteiger partial charge in [0.1, 0.15) is 6.07 Å². The fraction of sp³-hybridized carbons (Fsp3) is 0. The van der Waals surface area contributed by atoms with Gasteiger partial charge in [-0.2, -0.15) is 5.26 Å². The Bertz CT molecular complexity index is 3000. The Morgan fingerprint density at radius 2 is 0.962 bits per heavy atom. The van der Waals surface area contributed by atoms with Crippen molar-refractivity contribution in [3.8, 4) is 56.8 Å². The molecule has 0 bridgehead atoms. The SMILES string of the molecule is N#Cc1c(-c2ccccn2)c(-c2ccccn2)c(-c2ccccn2)c(-c2ccccn2)c1-n1c2ccccc2c2cc3c(cc21)sc1ccccc13. The molecule has 6 nitrogen and oxygen atoms in total. The fourth-order valence-electron chi connectivity index (χ4n) is 7.56. The Morgan fingerprint density at radius 1 is 0.442 bits per heavy atom. The predicted molar refractivity (Wildman–Crippen MR) is 211 cm³/mol. The van der Waals surface area contributed by atoms with Crippen LogP contribution in [0.25, 0.3) is 92.7 Å². The molecular weight excluding hydrogens is 657 g/mol. The van der Waals surface area contributed by atoms with Gasteiger partial charge in [0.15, 0.2) is 0 Å². The average Bonchev–Trinajstić information content (AvgIpc) is 3.74. The van der Waals surface area contributed by atoms with E-state index >= 15 is 0 Å². The first-order valence-electron chi connectivity index (χ1n) is 16.9. The quantitative estimate of drug-likeness (QED) is 0.180. The van der Waals surface area contributed by atoms with Crippen LogP contribution in [0.15, 0.2) is 158 Å². The molecule has 4 aromatic carbocycles. The number of benzene rings is 4. The molecule has 0 N–H and O–H groups in total. The van der Waals surface area contributed by atoms with E-state index in [2.05, 4.69) is 71.3 Å². The Morgan fingerprint density at radius 3 is 1.56 bits per heavy atom. The molecule has 7 heteroatoms. The highest BCUT2D eigenvalue weighted by atomic mass is 32.1. The Hall–Kier alpha value is -7.01. The number of fused-ring (bicyclic) bond motifs is 6. The smallest absolute Gasteiger partial charge is 0.102 e. The zero-order valence-corrected chi connectivity index (χ0v) is 28.4. The van der Waals surface area contributed by atoms with E-state index in [4.69, 9.17) is 19.9 Å². The lowest BCUT2D eigenvalue weighted by Gasteiger charge is -2.25. The summed E-state index contributed by atoms with van der Waals surface area (Å²) < 4.78 is 4.68. The Labute approximate surface area is 302 Å². The van der Waals surface area contributed by atoms with Gasteiger partial charge in [0.25, 0.3) is 0 Å². The van der Waals surface area contributed by atoms with Gasteiger partial charge in [-0.05, 0) is 72.8 Å². The molecule has 0 aliphatic rings. The molecule has 0 saturated carbocycles. The van der Waals surface area contributed by atoms with Crippen LogP contribution in [0, 0.1) is 11.3 Å². The fourth-order valence-corrected chi connectivity index (χ4v) is 8.68. The minimum Gasteiger partial charge on any atom is -0.307 e. The number of para-hydroxylation sites is 1. The van der Waals surface area contributed by atoms with Crippen LogP contribution in [0.2, 0.25) is 0 Å². The summed E-state index contributed by atoms with van der Waals surface area (Å²) in [4.78, 5) is 19.7. The number of aromatic nitrogens is 5. The Kier molecular flexibility index (Phi) is 6.95. The summed E-state index contributed by atoms with van der Waals surface area (Å²) >= 11 is 1.78. The largest absolute Gasteiger partial charge is 0.307 e. The Balaban J connectivity index is 1.49. The van der Waals surface area contributed by atoms with Gasteiger partial charge in [0.2, 0.25) is 0 Å². The summed E-state index contributed by atoms with van der Waals surface area (Å²) in [5.74, 6) is 0. The third kappa shape index (κ3) is 4.56. The number of hydrogen-bond acceptors (Lipinski definition) is 6. The van der Waals surface area contributed by atoms with Crippen molar-refractivity contribution in [3.05, 3.63) is 164 Å². The van der Waals surface area contributed by atoms with Crippen molar-refractivity contribution < 1.29 is 0 Å². The highest BCUT2D eigenvalue weighted by Gasteiger charge is 2.32. The minimum atomic E-state index is 0.471. The van der Waals surface area contributed by atoms with Crippen molar-refractivity contribution in [1.82, 2.24) is 24.5 Å². The molecule has 0 saturated heterocycles. The van der Waals surface area contributed by atoms with Crippen LogP contribution in [0.1, 0.15) is 5.56 Å². The van der Waals surface area contributed by atoms with Gasteiger partial charge in [-0.15, -0.1) is 11.3 Å². The molecule has 0 aliphatic carbocycles. The topological polar surface area (TPSA) is 80.3 Å². The summed E-state index contributed by atoms with van der Waals surface area (Å²) in [6, 6.07) is 47.8. The van der Waals surface area contributed by atoms with Crippen molar-refractivity contribution in [1.29, 1.82) is 5.26 Å². The van der Waals surface area contributed by atoms with E-state index in [9.17, 15) is 5.26 Å². The monoisotopic (exact) mass is 682 g/mol. The molecule has 0 amide bonds. The van der Waals surface area contributed by atoms with Crippen molar-refractivity contribution in [2.75, 3.05) is 0 Å². The normalized spacial score (nSPS) is 11.4. The molecule has 0 unspecified atom stereocenters. The van der Waals surface area contributed by atoms with E-state index in [1.54, 1.807) is 36.1 Å². The molecule has 0 atom stereocenters. The lowest BCUT2D eigenvalue weighted by Crippen LogP contribution is -2.09. The van der Waals surface area contributed by atoms with E-state index in [1.165, 1.54) is 20.2 Å². The number of hydrogen-bond donors (Lipinski definition) is 0. The summed E-state index contributed by atoms with van der Waals surface area (Å²) in [6.07, 6.45) is 7.15. The van der Waals surface area contributed by atoms with E-state index in [0.717, 1.165) is 44.2 Å². The van der Waals surface area contributed by atoms with Gasteiger partial charge in [-0.3, -0.25) is 19.9 Å². The molecule has 52 heavy (non-hydrogen) atoms. The molecule has 6 heterocycles. The molecule has 0 radical (unpaired) electrons. The van der Waals surface area contributed by atoms with Crippen molar-refractivity contribution in [2.45, 2.75) is 0 Å².